The highest BCUT2D eigenvalue weighted by Gasteiger charge is 2.23. The summed E-state index contributed by atoms with van der Waals surface area (Å²) in [5.74, 6) is 0.418. The molecule has 0 radical (unpaired) electrons. The second-order valence-corrected chi connectivity index (χ2v) is 10.2. The van der Waals surface area contributed by atoms with E-state index < -0.39 is 20.0 Å². The predicted octanol–water partition coefficient (Wildman–Crippen LogP) is 1.86. The average Bonchev–Trinajstić information content (AvgIpc) is 2.61. The van der Waals surface area contributed by atoms with Gasteiger partial charge in [-0.1, -0.05) is 12.1 Å². The molecule has 0 amide bonds. The van der Waals surface area contributed by atoms with Crippen LogP contribution in [0.25, 0.3) is 11.1 Å². The van der Waals surface area contributed by atoms with Crippen molar-refractivity contribution in [3.05, 3.63) is 42.5 Å². The average molecular weight is 399 g/mol. The Bertz CT molecular complexity index is 996. The van der Waals surface area contributed by atoms with E-state index >= 15 is 0 Å². The van der Waals surface area contributed by atoms with Gasteiger partial charge < -0.3 is 4.74 Å². The van der Waals surface area contributed by atoms with E-state index in [-0.39, 0.29) is 9.79 Å². The molecule has 0 aliphatic rings. The molecule has 0 bridgehead atoms. The molecule has 0 aliphatic heterocycles. The number of sulfonamides is 2. The maximum absolute atomic E-state index is 12.7. The first kappa shape index (κ1) is 20.4. The van der Waals surface area contributed by atoms with Crippen LogP contribution in [-0.2, 0) is 20.0 Å². The normalized spacial score (nSPS) is 12.6. The zero-order chi connectivity index (χ0) is 19.7. The van der Waals surface area contributed by atoms with Crippen molar-refractivity contribution < 1.29 is 21.6 Å². The SMILES string of the molecule is COc1ccc(-c2ccc(S(=O)(=O)N(C)C)cc2)c(S(=O)(=O)N(C)C)c1. The Morgan fingerprint density at radius 2 is 1.31 bits per heavy atom. The molecule has 7 nitrogen and oxygen atoms in total. The van der Waals surface area contributed by atoms with Gasteiger partial charge in [0.05, 0.1) is 16.9 Å². The highest BCUT2D eigenvalue weighted by Crippen LogP contribution is 2.32. The van der Waals surface area contributed by atoms with E-state index in [4.69, 9.17) is 4.74 Å². The second kappa shape index (κ2) is 7.36. The van der Waals surface area contributed by atoms with Gasteiger partial charge in [0.15, 0.2) is 0 Å². The molecule has 0 saturated heterocycles. The Balaban J connectivity index is 2.63. The van der Waals surface area contributed by atoms with Gasteiger partial charge in [-0.3, -0.25) is 0 Å². The van der Waals surface area contributed by atoms with E-state index in [0.717, 1.165) is 8.61 Å². The molecule has 2 aromatic carbocycles. The van der Waals surface area contributed by atoms with E-state index in [9.17, 15) is 16.8 Å². The summed E-state index contributed by atoms with van der Waals surface area (Å²) < 4.78 is 57.1. The molecular weight excluding hydrogens is 376 g/mol. The maximum atomic E-state index is 12.7. The highest BCUT2D eigenvalue weighted by atomic mass is 32.2. The molecule has 0 heterocycles. The van der Waals surface area contributed by atoms with Gasteiger partial charge in [-0.15, -0.1) is 0 Å². The van der Waals surface area contributed by atoms with Crippen molar-refractivity contribution in [2.24, 2.45) is 0 Å². The van der Waals surface area contributed by atoms with Crippen LogP contribution in [-0.4, -0.2) is 60.7 Å². The van der Waals surface area contributed by atoms with E-state index in [1.807, 2.05) is 0 Å². The molecule has 0 spiro atoms. The van der Waals surface area contributed by atoms with E-state index in [1.54, 1.807) is 24.3 Å². The van der Waals surface area contributed by atoms with Crippen LogP contribution in [0.5, 0.6) is 5.75 Å². The molecule has 0 saturated carbocycles. The molecule has 26 heavy (non-hydrogen) atoms. The Kier molecular flexibility index (Phi) is 5.76. The number of nitrogens with zero attached hydrogens (tertiary/aromatic N) is 2. The fourth-order valence-electron chi connectivity index (χ4n) is 2.30. The Morgan fingerprint density at radius 1 is 0.769 bits per heavy atom. The number of hydrogen-bond acceptors (Lipinski definition) is 5. The quantitative estimate of drug-likeness (QED) is 0.742. The smallest absolute Gasteiger partial charge is 0.243 e. The Hall–Kier alpha value is -1.94. The summed E-state index contributed by atoms with van der Waals surface area (Å²) in [6, 6.07) is 10.9. The number of hydrogen-bond donors (Lipinski definition) is 0. The molecule has 9 heteroatoms. The van der Waals surface area contributed by atoms with Crippen molar-refractivity contribution in [3.8, 4) is 16.9 Å². The van der Waals surface area contributed by atoms with Crippen LogP contribution in [0.3, 0.4) is 0 Å². The molecule has 0 atom stereocenters. The van der Waals surface area contributed by atoms with Crippen molar-refractivity contribution in [2.75, 3.05) is 35.3 Å². The van der Waals surface area contributed by atoms with Crippen molar-refractivity contribution in [1.29, 1.82) is 0 Å². The number of methoxy groups -OCH3 is 1. The van der Waals surface area contributed by atoms with Gasteiger partial charge in [-0.25, -0.2) is 25.4 Å². The summed E-state index contributed by atoms with van der Waals surface area (Å²) in [7, 11) is 0.000467. The maximum Gasteiger partial charge on any atom is 0.243 e. The summed E-state index contributed by atoms with van der Waals surface area (Å²) >= 11 is 0. The largest absolute Gasteiger partial charge is 0.497 e. The predicted molar refractivity (Wildman–Crippen MR) is 100 cm³/mol. The molecule has 0 N–H and O–H groups in total. The van der Waals surface area contributed by atoms with Crippen molar-refractivity contribution in [1.82, 2.24) is 8.61 Å². The standard InChI is InChI=1S/C17H22N2O5S2/c1-18(2)25(20,21)15-9-6-13(7-10-15)16-11-8-14(24-5)12-17(16)26(22,23)19(3)4/h6-12H,1-5H3. The fraction of sp³-hybridized carbons (Fsp3) is 0.294. The van der Waals surface area contributed by atoms with Gasteiger partial charge >= 0.3 is 0 Å². The Labute approximate surface area is 154 Å². The Morgan fingerprint density at radius 3 is 1.77 bits per heavy atom. The zero-order valence-electron chi connectivity index (χ0n) is 15.3. The monoisotopic (exact) mass is 398 g/mol. The summed E-state index contributed by atoms with van der Waals surface area (Å²) in [5, 5.41) is 0. The molecule has 2 aromatic rings. The van der Waals surface area contributed by atoms with Gasteiger partial charge in [-0.05, 0) is 29.8 Å². The molecule has 0 fully saturated rings. The number of rotatable bonds is 6. The third kappa shape index (κ3) is 3.75. The van der Waals surface area contributed by atoms with Crippen molar-refractivity contribution in [2.45, 2.75) is 9.79 Å². The minimum absolute atomic E-state index is 0.0880. The van der Waals surface area contributed by atoms with Crippen LogP contribution >= 0.6 is 0 Å². The van der Waals surface area contributed by atoms with Crippen LogP contribution < -0.4 is 4.74 Å². The zero-order valence-corrected chi connectivity index (χ0v) is 16.9. The lowest BCUT2D eigenvalue weighted by atomic mass is 10.1. The summed E-state index contributed by atoms with van der Waals surface area (Å²) in [5.41, 5.74) is 1.05. The van der Waals surface area contributed by atoms with E-state index in [1.165, 1.54) is 53.5 Å². The van der Waals surface area contributed by atoms with E-state index in [2.05, 4.69) is 0 Å². The van der Waals surface area contributed by atoms with Crippen LogP contribution in [0.4, 0.5) is 0 Å². The minimum Gasteiger partial charge on any atom is -0.497 e. The first-order valence-electron chi connectivity index (χ1n) is 7.65. The molecule has 0 aromatic heterocycles. The molecule has 0 unspecified atom stereocenters. The molecular formula is C17H22N2O5S2. The van der Waals surface area contributed by atoms with Gasteiger partial charge in [0.25, 0.3) is 0 Å². The lowest BCUT2D eigenvalue weighted by Gasteiger charge is -2.17. The first-order chi connectivity index (χ1) is 12.0. The summed E-state index contributed by atoms with van der Waals surface area (Å²) in [4.78, 5) is 0.224. The number of benzene rings is 2. The number of ether oxygens (including phenoxy) is 1. The third-order valence-electron chi connectivity index (χ3n) is 3.89. The van der Waals surface area contributed by atoms with Crippen LogP contribution in [0, 0.1) is 0 Å². The molecule has 2 rings (SSSR count). The molecule has 0 aliphatic carbocycles. The van der Waals surface area contributed by atoms with E-state index in [0.29, 0.717) is 16.9 Å². The summed E-state index contributed by atoms with van der Waals surface area (Å²) in [6.07, 6.45) is 0. The first-order valence-corrected chi connectivity index (χ1v) is 10.5. The minimum atomic E-state index is -3.71. The summed E-state index contributed by atoms with van der Waals surface area (Å²) in [6.45, 7) is 0. The van der Waals surface area contributed by atoms with Gasteiger partial charge in [0, 0.05) is 39.8 Å². The van der Waals surface area contributed by atoms with Crippen LogP contribution in [0.15, 0.2) is 52.3 Å². The van der Waals surface area contributed by atoms with Gasteiger partial charge in [0.1, 0.15) is 5.75 Å². The lowest BCUT2D eigenvalue weighted by Crippen LogP contribution is -2.23. The highest BCUT2D eigenvalue weighted by molar-refractivity contribution is 7.89. The van der Waals surface area contributed by atoms with Crippen molar-refractivity contribution in [3.63, 3.8) is 0 Å². The fourth-order valence-corrected chi connectivity index (χ4v) is 4.32. The van der Waals surface area contributed by atoms with Crippen molar-refractivity contribution >= 4 is 20.0 Å². The van der Waals surface area contributed by atoms with Crippen LogP contribution in [0.2, 0.25) is 0 Å². The van der Waals surface area contributed by atoms with Crippen LogP contribution in [0.1, 0.15) is 0 Å². The van der Waals surface area contributed by atoms with Gasteiger partial charge in [-0.2, -0.15) is 0 Å². The molecule has 142 valence electrons. The van der Waals surface area contributed by atoms with Gasteiger partial charge in [0.2, 0.25) is 20.0 Å². The topological polar surface area (TPSA) is 84.0 Å². The lowest BCUT2D eigenvalue weighted by molar-refractivity contribution is 0.413. The third-order valence-corrected chi connectivity index (χ3v) is 7.58. The second-order valence-electron chi connectivity index (χ2n) is 5.96.